The molecule has 2 aromatic carbocycles. The third-order valence-electron chi connectivity index (χ3n) is 4.78. The first-order valence-electron chi connectivity index (χ1n) is 9.69. The topological polar surface area (TPSA) is 59.8 Å². The van der Waals surface area contributed by atoms with Gasteiger partial charge in [-0.2, -0.15) is 0 Å². The number of hydrogen-bond donors (Lipinski definition) is 1. The zero-order chi connectivity index (χ0) is 21.2. The van der Waals surface area contributed by atoms with E-state index < -0.39 is 0 Å². The molecule has 0 aliphatic rings. The summed E-state index contributed by atoms with van der Waals surface area (Å²) >= 11 is 1.40. The fraction of sp³-hybridized carbons (Fsp3) is 0.348. The summed E-state index contributed by atoms with van der Waals surface area (Å²) in [5, 5.41) is 12.0. The molecule has 0 saturated carbocycles. The van der Waals surface area contributed by atoms with Crippen molar-refractivity contribution in [3.05, 3.63) is 59.7 Å². The lowest BCUT2D eigenvalue weighted by atomic mass is 9.87. The van der Waals surface area contributed by atoms with Crippen LogP contribution in [0.5, 0.6) is 0 Å². The maximum atomic E-state index is 12.6. The van der Waals surface area contributed by atoms with E-state index in [0.717, 1.165) is 22.6 Å². The molecule has 5 nitrogen and oxygen atoms in total. The second-order valence-corrected chi connectivity index (χ2v) is 9.62. The second-order valence-electron chi connectivity index (χ2n) is 8.31. The molecule has 6 heteroatoms. The number of nitrogens with zero attached hydrogens (tertiary/aromatic N) is 3. The maximum absolute atomic E-state index is 12.6. The van der Waals surface area contributed by atoms with Crippen molar-refractivity contribution in [2.45, 2.75) is 50.4 Å². The number of anilines is 1. The molecule has 0 saturated heterocycles. The van der Waals surface area contributed by atoms with Crippen LogP contribution in [0.15, 0.2) is 53.7 Å². The van der Waals surface area contributed by atoms with Gasteiger partial charge in [-0.1, -0.05) is 68.9 Å². The molecule has 0 unspecified atom stereocenters. The van der Waals surface area contributed by atoms with Crippen LogP contribution in [0.25, 0.3) is 11.4 Å². The highest BCUT2D eigenvalue weighted by Crippen LogP contribution is 2.28. The van der Waals surface area contributed by atoms with Crippen LogP contribution in [0.1, 0.15) is 38.8 Å². The zero-order valence-electron chi connectivity index (χ0n) is 17.9. The summed E-state index contributed by atoms with van der Waals surface area (Å²) < 4.78 is 1.94. The van der Waals surface area contributed by atoms with E-state index in [0.29, 0.717) is 5.16 Å². The summed E-state index contributed by atoms with van der Waals surface area (Å²) in [6.45, 7) is 10.5. The summed E-state index contributed by atoms with van der Waals surface area (Å²) in [6, 6.07) is 16.2. The van der Waals surface area contributed by atoms with Crippen LogP contribution in [0.3, 0.4) is 0 Å². The van der Waals surface area contributed by atoms with Crippen LogP contribution >= 0.6 is 11.8 Å². The first kappa shape index (κ1) is 21.1. The Kier molecular flexibility index (Phi) is 6.13. The van der Waals surface area contributed by atoms with E-state index in [1.807, 2.05) is 49.7 Å². The SMILES string of the molecule is Cc1cccc(NC(=O)[C@H](C)Sc2nnc(-c3ccc(C(C)(C)C)cc3)n2C)c1. The van der Waals surface area contributed by atoms with E-state index in [1.165, 1.54) is 17.3 Å². The van der Waals surface area contributed by atoms with Crippen molar-refractivity contribution in [3.63, 3.8) is 0 Å². The summed E-state index contributed by atoms with van der Waals surface area (Å²) in [4.78, 5) is 12.6. The summed E-state index contributed by atoms with van der Waals surface area (Å²) in [5.41, 5.74) is 4.31. The third kappa shape index (κ3) is 5.07. The Morgan fingerprint density at radius 3 is 2.41 bits per heavy atom. The number of amides is 1. The average molecular weight is 409 g/mol. The van der Waals surface area contributed by atoms with Gasteiger partial charge in [0.15, 0.2) is 11.0 Å². The zero-order valence-corrected chi connectivity index (χ0v) is 18.7. The molecule has 1 N–H and O–H groups in total. The highest BCUT2D eigenvalue weighted by molar-refractivity contribution is 8.00. The van der Waals surface area contributed by atoms with Crippen molar-refractivity contribution in [2.24, 2.45) is 7.05 Å². The van der Waals surface area contributed by atoms with E-state index in [2.05, 4.69) is 60.6 Å². The molecular formula is C23H28N4OS. The summed E-state index contributed by atoms with van der Waals surface area (Å²) in [5.74, 6) is 0.735. The maximum Gasteiger partial charge on any atom is 0.237 e. The molecule has 0 bridgehead atoms. The minimum absolute atomic E-state index is 0.0559. The van der Waals surface area contributed by atoms with E-state index in [9.17, 15) is 4.79 Å². The molecule has 0 aliphatic heterocycles. The van der Waals surface area contributed by atoms with Crippen LogP contribution in [-0.4, -0.2) is 25.9 Å². The van der Waals surface area contributed by atoms with Gasteiger partial charge in [0.05, 0.1) is 5.25 Å². The van der Waals surface area contributed by atoms with Crippen LogP contribution in [0, 0.1) is 6.92 Å². The average Bonchev–Trinajstić information content (AvgIpc) is 3.01. The molecular weight excluding hydrogens is 380 g/mol. The predicted octanol–water partition coefficient (Wildman–Crippen LogP) is 5.21. The van der Waals surface area contributed by atoms with Gasteiger partial charge in [-0.3, -0.25) is 4.79 Å². The fourth-order valence-electron chi connectivity index (χ4n) is 2.97. The molecule has 1 heterocycles. The number of aryl methyl sites for hydroxylation is 1. The van der Waals surface area contributed by atoms with Gasteiger partial charge >= 0.3 is 0 Å². The van der Waals surface area contributed by atoms with Gasteiger partial charge in [0.1, 0.15) is 0 Å². The number of nitrogens with one attached hydrogen (secondary N) is 1. The van der Waals surface area contributed by atoms with E-state index in [4.69, 9.17) is 0 Å². The number of carbonyl (C=O) groups excluding carboxylic acids is 1. The van der Waals surface area contributed by atoms with Crippen LogP contribution in [0.2, 0.25) is 0 Å². The molecule has 0 fully saturated rings. The van der Waals surface area contributed by atoms with Gasteiger partial charge in [-0.05, 0) is 42.5 Å². The third-order valence-corrected chi connectivity index (χ3v) is 5.92. The molecule has 1 amide bonds. The summed E-state index contributed by atoms with van der Waals surface area (Å²) in [7, 11) is 1.93. The van der Waals surface area contributed by atoms with Gasteiger partial charge in [0, 0.05) is 18.3 Å². The lowest BCUT2D eigenvalue weighted by Gasteiger charge is -2.19. The molecule has 0 spiro atoms. The number of benzene rings is 2. The van der Waals surface area contributed by atoms with Crippen molar-refractivity contribution in [2.75, 3.05) is 5.32 Å². The van der Waals surface area contributed by atoms with E-state index in [-0.39, 0.29) is 16.6 Å². The van der Waals surface area contributed by atoms with Gasteiger partial charge in [-0.25, -0.2) is 0 Å². The van der Waals surface area contributed by atoms with Crippen molar-refractivity contribution in [3.8, 4) is 11.4 Å². The minimum atomic E-state index is -0.297. The Morgan fingerprint density at radius 2 is 1.79 bits per heavy atom. The molecule has 3 rings (SSSR count). The minimum Gasteiger partial charge on any atom is -0.325 e. The lowest BCUT2D eigenvalue weighted by molar-refractivity contribution is -0.115. The fourth-order valence-corrected chi connectivity index (χ4v) is 3.78. The first-order valence-corrected chi connectivity index (χ1v) is 10.6. The van der Waals surface area contributed by atoms with Crippen molar-refractivity contribution in [1.82, 2.24) is 14.8 Å². The Morgan fingerprint density at radius 1 is 1.10 bits per heavy atom. The first-order chi connectivity index (χ1) is 13.6. The molecule has 1 aromatic heterocycles. The van der Waals surface area contributed by atoms with E-state index in [1.54, 1.807) is 0 Å². The smallest absolute Gasteiger partial charge is 0.237 e. The molecule has 29 heavy (non-hydrogen) atoms. The van der Waals surface area contributed by atoms with Gasteiger partial charge in [-0.15, -0.1) is 10.2 Å². The standard InChI is InChI=1S/C23H28N4OS/c1-15-8-7-9-19(14-15)24-21(28)16(2)29-22-26-25-20(27(22)6)17-10-12-18(13-11-17)23(3,4)5/h7-14,16H,1-6H3,(H,24,28)/t16-/m0/s1. The highest BCUT2D eigenvalue weighted by atomic mass is 32.2. The van der Waals surface area contributed by atoms with Gasteiger partial charge < -0.3 is 9.88 Å². The van der Waals surface area contributed by atoms with Gasteiger partial charge in [0.25, 0.3) is 0 Å². The van der Waals surface area contributed by atoms with Gasteiger partial charge in [0.2, 0.25) is 5.91 Å². The van der Waals surface area contributed by atoms with Crippen LogP contribution in [-0.2, 0) is 17.3 Å². The molecule has 0 aliphatic carbocycles. The summed E-state index contributed by atoms with van der Waals surface area (Å²) in [6.07, 6.45) is 0. The predicted molar refractivity (Wildman–Crippen MR) is 120 cm³/mol. The number of thioether (sulfide) groups is 1. The lowest BCUT2D eigenvalue weighted by Crippen LogP contribution is -2.22. The Labute approximate surface area is 176 Å². The monoisotopic (exact) mass is 408 g/mol. The number of hydrogen-bond acceptors (Lipinski definition) is 4. The Hall–Kier alpha value is -2.60. The second kappa shape index (κ2) is 8.41. The van der Waals surface area contributed by atoms with Crippen LogP contribution < -0.4 is 5.32 Å². The van der Waals surface area contributed by atoms with Crippen molar-refractivity contribution in [1.29, 1.82) is 0 Å². The Balaban J connectivity index is 1.71. The van der Waals surface area contributed by atoms with Crippen molar-refractivity contribution >= 4 is 23.4 Å². The molecule has 0 radical (unpaired) electrons. The number of carbonyl (C=O) groups is 1. The highest BCUT2D eigenvalue weighted by Gasteiger charge is 2.20. The quantitative estimate of drug-likeness (QED) is 0.589. The van der Waals surface area contributed by atoms with E-state index >= 15 is 0 Å². The largest absolute Gasteiger partial charge is 0.325 e. The molecule has 1 atom stereocenters. The number of aromatic nitrogens is 3. The van der Waals surface area contributed by atoms with Crippen LogP contribution in [0.4, 0.5) is 5.69 Å². The van der Waals surface area contributed by atoms with Crippen molar-refractivity contribution < 1.29 is 4.79 Å². The molecule has 3 aromatic rings. The normalized spacial score (nSPS) is 12.6. The molecule has 152 valence electrons. The Bertz CT molecular complexity index is 1000. The number of rotatable bonds is 5.